The van der Waals surface area contributed by atoms with Gasteiger partial charge in [-0.15, -0.1) is 0 Å². The van der Waals surface area contributed by atoms with Gasteiger partial charge < -0.3 is 15.3 Å². The summed E-state index contributed by atoms with van der Waals surface area (Å²) in [5.41, 5.74) is 1.24. The van der Waals surface area contributed by atoms with Crippen LogP contribution in [0.1, 0.15) is 5.56 Å². The van der Waals surface area contributed by atoms with Gasteiger partial charge in [-0.25, -0.2) is 0 Å². The highest BCUT2D eigenvalue weighted by Crippen LogP contribution is 2.11. The molecular weight excluding hydrogens is 188 g/mol. The molecule has 0 aliphatic heterocycles. The fraction of sp³-hybridized carbons (Fsp3) is 0.500. The number of nitrogens with one attached hydrogen (secondary N) is 1. The summed E-state index contributed by atoms with van der Waals surface area (Å²) in [5.74, 6) is 0.326. The summed E-state index contributed by atoms with van der Waals surface area (Å²) >= 11 is 0. The average molecular weight is 208 g/mol. The van der Waals surface area contributed by atoms with Gasteiger partial charge >= 0.3 is 0 Å². The van der Waals surface area contributed by atoms with Gasteiger partial charge in [-0.3, -0.25) is 0 Å². The lowest BCUT2D eigenvalue weighted by molar-refractivity contribution is 0.346. The van der Waals surface area contributed by atoms with Crippen molar-refractivity contribution in [3.05, 3.63) is 29.8 Å². The van der Waals surface area contributed by atoms with Gasteiger partial charge in [0.05, 0.1) is 0 Å². The van der Waals surface area contributed by atoms with Gasteiger partial charge in [0.25, 0.3) is 0 Å². The van der Waals surface area contributed by atoms with E-state index >= 15 is 0 Å². The van der Waals surface area contributed by atoms with Crippen LogP contribution in [0.3, 0.4) is 0 Å². The molecule has 0 saturated carbocycles. The van der Waals surface area contributed by atoms with Gasteiger partial charge in [0.2, 0.25) is 0 Å². The Hall–Kier alpha value is -1.06. The molecule has 0 aliphatic rings. The summed E-state index contributed by atoms with van der Waals surface area (Å²) in [4.78, 5) is 2.17. The van der Waals surface area contributed by atoms with Crippen LogP contribution in [0.2, 0.25) is 0 Å². The highest BCUT2D eigenvalue weighted by molar-refractivity contribution is 5.26. The van der Waals surface area contributed by atoms with Crippen molar-refractivity contribution in [1.29, 1.82) is 0 Å². The maximum Gasteiger partial charge on any atom is 0.115 e. The molecular formula is C12H20N2O. The molecule has 0 aromatic heterocycles. The first-order valence-corrected chi connectivity index (χ1v) is 5.21. The first-order chi connectivity index (χ1) is 7.11. The summed E-state index contributed by atoms with van der Waals surface area (Å²) in [6, 6.07) is 7.85. The first-order valence-electron chi connectivity index (χ1n) is 5.21. The Labute approximate surface area is 91.7 Å². The molecule has 15 heavy (non-hydrogen) atoms. The second-order valence-corrected chi connectivity index (χ2v) is 4.12. The third kappa shape index (κ3) is 4.32. The number of benzene rings is 1. The Morgan fingerprint density at radius 2 is 1.87 bits per heavy atom. The third-order valence-corrected chi connectivity index (χ3v) is 2.41. The summed E-state index contributed by atoms with van der Waals surface area (Å²) in [5, 5.41) is 12.5. The molecule has 0 aliphatic carbocycles. The van der Waals surface area contributed by atoms with Crippen molar-refractivity contribution in [3.63, 3.8) is 0 Å². The summed E-state index contributed by atoms with van der Waals surface area (Å²) in [6.45, 7) is 1.01. The molecule has 0 fully saturated rings. The molecule has 0 heterocycles. The monoisotopic (exact) mass is 208 g/mol. The maximum absolute atomic E-state index is 9.17. The maximum atomic E-state index is 9.17. The average Bonchev–Trinajstić information content (AvgIpc) is 2.19. The van der Waals surface area contributed by atoms with Crippen LogP contribution < -0.4 is 5.32 Å². The molecule has 3 nitrogen and oxygen atoms in total. The van der Waals surface area contributed by atoms with Gasteiger partial charge in [-0.05, 0) is 45.3 Å². The van der Waals surface area contributed by atoms with Crippen LogP contribution in [0.15, 0.2) is 24.3 Å². The van der Waals surface area contributed by atoms with Crippen LogP contribution in [-0.2, 0) is 6.42 Å². The second kappa shape index (κ2) is 5.73. The van der Waals surface area contributed by atoms with E-state index < -0.39 is 0 Å². The molecule has 1 aromatic rings. The molecule has 1 unspecified atom stereocenters. The Kier molecular flexibility index (Phi) is 4.59. The standard InChI is InChI=1S/C12H20N2O/c1-13-11(9-14(2)3)8-10-4-6-12(15)7-5-10/h4-7,11,13,15H,8-9H2,1-3H3. The van der Waals surface area contributed by atoms with Crippen LogP contribution in [0.25, 0.3) is 0 Å². The third-order valence-electron chi connectivity index (χ3n) is 2.41. The van der Waals surface area contributed by atoms with E-state index in [1.165, 1.54) is 5.56 Å². The van der Waals surface area contributed by atoms with Crippen molar-refractivity contribution in [3.8, 4) is 5.75 Å². The fourth-order valence-electron chi connectivity index (χ4n) is 1.62. The predicted octanol–water partition coefficient (Wildman–Crippen LogP) is 1.08. The van der Waals surface area contributed by atoms with E-state index in [0.717, 1.165) is 13.0 Å². The van der Waals surface area contributed by atoms with Crippen LogP contribution in [0, 0.1) is 0 Å². The van der Waals surface area contributed by atoms with E-state index in [0.29, 0.717) is 11.8 Å². The van der Waals surface area contributed by atoms with E-state index in [1.54, 1.807) is 12.1 Å². The number of likely N-dealkylation sites (N-methyl/N-ethyl adjacent to an activating group) is 2. The molecule has 0 bridgehead atoms. The highest BCUT2D eigenvalue weighted by atomic mass is 16.3. The van der Waals surface area contributed by atoms with Crippen molar-refractivity contribution < 1.29 is 5.11 Å². The molecule has 0 amide bonds. The van der Waals surface area contributed by atoms with Crippen molar-refractivity contribution in [2.24, 2.45) is 0 Å². The molecule has 0 spiro atoms. The Morgan fingerprint density at radius 3 is 2.33 bits per heavy atom. The smallest absolute Gasteiger partial charge is 0.115 e. The molecule has 2 N–H and O–H groups in total. The summed E-state index contributed by atoms with van der Waals surface area (Å²) in [7, 11) is 6.12. The highest BCUT2D eigenvalue weighted by Gasteiger charge is 2.07. The lowest BCUT2D eigenvalue weighted by Crippen LogP contribution is -2.37. The van der Waals surface area contributed by atoms with E-state index in [2.05, 4.69) is 24.3 Å². The first kappa shape index (κ1) is 12.0. The zero-order valence-electron chi connectivity index (χ0n) is 9.70. The molecule has 3 heteroatoms. The van der Waals surface area contributed by atoms with Gasteiger partial charge in [0.1, 0.15) is 5.75 Å². The minimum Gasteiger partial charge on any atom is -0.508 e. The fourth-order valence-corrected chi connectivity index (χ4v) is 1.62. The minimum atomic E-state index is 0.326. The zero-order valence-corrected chi connectivity index (χ0v) is 9.70. The molecule has 1 rings (SSSR count). The number of phenols is 1. The molecule has 84 valence electrons. The molecule has 0 saturated heterocycles. The van der Waals surface area contributed by atoms with Crippen molar-refractivity contribution in [2.45, 2.75) is 12.5 Å². The number of aromatic hydroxyl groups is 1. The van der Waals surface area contributed by atoms with Crippen LogP contribution in [-0.4, -0.2) is 43.7 Å². The van der Waals surface area contributed by atoms with Crippen LogP contribution in [0.5, 0.6) is 5.75 Å². The zero-order chi connectivity index (χ0) is 11.3. The van der Waals surface area contributed by atoms with Crippen molar-refractivity contribution in [2.75, 3.05) is 27.7 Å². The number of nitrogens with zero attached hydrogens (tertiary/aromatic N) is 1. The lowest BCUT2D eigenvalue weighted by atomic mass is 10.1. The van der Waals surface area contributed by atoms with E-state index in [-0.39, 0.29) is 0 Å². The Morgan fingerprint density at radius 1 is 1.27 bits per heavy atom. The Balaban J connectivity index is 2.54. The SMILES string of the molecule is CNC(Cc1ccc(O)cc1)CN(C)C. The molecule has 0 radical (unpaired) electrons. The predicted molar refractivity (Wildman–Crippen MR) is 63.2 cm³/mol. The lowest BCUT2D eigenvalue weighted by Gasteiger charge is -2.20. The topological polar surface area (TPSA) is 35.5 Å². The number of hydrogen-bond acceptors (Lipinski definition) is 3. The van der Waals surface area contributed by atoms with Gasteiger partial charge in [0.15, 0.2) is 0 Å². The quantitative estimate of drug-likeness (QED) is 0.760. The van der Waals surface area contributed by atoms with Crippen LogP contribution in [0.4, 0.5) is 0 Å². The molecule has 1 atom stereocenters. The minimum absolute atomic E-state index is 0.326. The van der Waals surface area contributed by atoms with E-state index in [4.69, 9.17) is 5.11 Å². The second-order valence-electron chi connectivity index (χ2n) is 4.12. The van der Waals surface area contributed by atoms with E-state index in [1.807, 2.05) is 19.2 Å². The van der Waals surface area contributed by atoms with Gasteiger partial charge in [0, 0.05) is 12.6 Å². The largest absolute Gasteiger partial charge is 0.508 e. The number of hydrogen-bond donors (Lipinski definition) is 2. The van der Waals surface area contributed by atoms with E-state index in [9.17, 15) is 0 Å². The summed E-state index contributed by atoms with van der Waals surface area (Å²) < 4.78 is 0. The molecule has 1 aromatic carbocycles. The van der Waals surface area contributed by atoms with Crippen molar-refractivity contribution >= 4 is 0 Å². The number of phenolic OH excluding ortho intramolecular Hbond substituents is 1. The van der Waals surface area contributed by atoms with Crippen molar-refractivity contribution in [1.82, 2.24) is 10.2 Å². The Bertz CT molecular complexity index is 282. The summed E-state index contributed by atoms with van der Waals surface area (Å²) in [6.07, 6.45) is 0.981. The van der Waals surface area contributed by atoms with Crippen LogP contribution >= 0.6 is 0 Å². The normalized spacial score (nSPS) is 13.1. The number of rotatable bonds is 5. The van der Waals surface area contributed by atoms with Gasteiger partial charge in [-0.1, -0.05) is 12.1 Å². The van der Waals surface area contributed by atoms with Gasteiger partial charge in [-0.2, -0.15) is 0 Å².